The smallest absolute Gasteiger partial charge is 0.190 e. The minimum Gasteiger partial charge on any atom is -0.357 e. The second kappa shape index (κ2) is 4.23. The number of hydrogen-bond donors (Lipinski definition) is 0. The van der Waals surface area contributed by atoms with E-state index in [2.05, 4.69) is 20.8 Å². The van der Waals surface area contributed by atoms with Gasteiger partial charge in [-0.15, -0.1) is 11.8 Å². The summed E-state index contributed by atoms with van der Waals surface area (Å²) in [6.07, 6.45) is -0.769. The molecule has 0 spiro atoms. The Balaban J connectivity index is 2.13. The fraction of sp³-hybridized carbons (Fsp3) is 0.917. The van der Waals surface area contributed by atoms with Gasteiger partial charge in [-0.2, -0.15) is 0 Å². The lowest BCUT2D eigenvalue weighted by Crippen LogP contribution is -2.48. The highest BCUT2D eigenvalue weighted by atomic mass is 32.2. The molecule has 0 radical (unpaired) electrons. The SMILES string of the molecule is CC1(C)O[C@H]2[C@H](SC(C)(C)C)OCC(=O)[C@@H]2O1. The molecular weight excluding hydrogens is 240 g/mol. The lowest BCUT2D eigenvalue weighted by atomic mass is 10.1. The summed E-state index contributed by atoms with van der Waals surface area (Å²) in [4.78, 5) is 11.7. The van der Waals surface area contributed by atoms with E-state index < -0.39 is 11.9 Å². The second-order valence-corrected chi connectivity index (χ2v) is 7.82. The van der Waals surface area contributed by atoms with Gasteiger partial charge in [-0.05, 0) is 13.8 Å². The number of thioether (sulfide) groups is 1. The molecule has 0 aromatic rings. The van der Waals surface area contributed by atoms with Crippen LogP contribution < -0.4 is 0 Å². The number of carbonyl (C=O) groups is 1. The molecular formula is C12H20O4S. The van der Waals surface area contributed by atoms with Crippen molar-refractivity contribution in [2.45, 2.75) is 62.8 Å². The molecule has 0 saturated carbocycles. The summed E-state index contributed by atoms with van der Waals surface area (Å²) in [6, 6.07) is 0. The summed E-state index contributed by atoms with van der Waals surface area (Å²) in [5.74, 6) is -0.721. The standard InChI is InChI=1S/C12H20O4S/c1-11(2,3)17-10-9-8(7(13)6-14-10)15-12(4,5)16-9/h8-10H,6H2,1-5H3/t8-,9+,10-/m0/s1. The van der Waals surface area contributed by atoms with E-state index in [1.807, 2.05) is 13.8 Å². The van der Waals surface area contributed by atoms with E-state index in [1.165, 1.54) is 0 Å². The van der Waals surface area contributed by atoms with Crippen molar-refractivity contribution < 1.29 is 19.0 Å². The molecule has 4 nitrogen and oxygen atoms in total. The third-order valence-electron chi connectivity index (χ3n) is 2.57. The maximum atomic E-state index is 11.7. The van der Waals surface area contributed by atoms with Gasteiger partial charge in [0.15, 0.2) is 17.7 Å². The molecule has 2 aliphatic heterocycles. The van der Waals surface area contributed by atoms with Gasteiger partial charge in [0.25, 0.3) is 0 Å². The van der Waals surface area contributed by atoms with Crippen molar-refractivity contribution in [3.63, 3.8) is 0 Å². The molecule has 2 aliphatic rings. The highest BCUT2D eigenvalue weighted by Gasteiger charge is 2.52. The van der Waals surface area contributed by atoms with Crippen LogP contribution in [0.4, 0.5) is 0 Å². The first-order valence-corrected chi connectivity index (χ1v) is 6.74. The maximum Gasteiger partial charge on any atom is 0.190 e. The number of carbonyl (C=O) groups excluding carboxylic acids is 1. The van der Waals surface area contributed by atoms with Gasteiger partial charge in [0.2, 0.25) is 0 Å². The molecule has 98 valence electrons. The van der Waals surface area contributed by atoms with E-state index >= 15 is 0 Å². The van der Waals surface area contributed by atoms with Crippen molar-refractivity contribution in [3.05, 3.63) is 0 Å². The Hall–Kier alpha value is -0.100. The highest BCUT2D eigenvalue weighted by molar-refractivity contribution is 8.01. The summed E-state index contributed by atoms with van der Waals surface area (Å²) in [6.45, 7) is 10.1. The highest BCUT2D eigenvalue weighted by Crippen LogP contribution is 2.41. The Morgan fingerprint density at radius 3 is 2.53 bits per heavy atom. The zero-order chi connectivity index (χ0) is 12.8. The average Bonchev–Trinajstić information content (AvgIpc) is 2.45. The van der Waals surface area contributed by atoms with Crippen LogP contribution in [0.25, 0.3) is 0 Å². The van der Waals surface area contributed by atoms with Crippen LogP contribution in [0, 0.1) is 0 Å². The van der Waals surface area contributed by atoms with Gasteiger partial charge in [0.05, 0.1) is 0 Å². The molecule has 0 amide bonds. The predicted octanol–water partition coefficient (Wildman–Crippen LogP) is 1.96. The molecule has 2 rings (SSSR count). The van der Waals surface area contributed by atoms with Crippen LogP contribution in [-0.4, -0.2) is 40.6 Å². The van der Waals surface area contributed by atoms with Crippen LogP contribution >= 0.6 is 11.8 Å². The van der Waals surface area contributed by atoms with E-state index in [9.17, 15) is 4.79 Å². The summed E-state index contributed by atoms with van der Waals surface area (Å²) in [5, 5.41) is 0. The van der Waals surface area contributed by atoms with E-state index in [1.54, 1.807) is 11.8 Å². The minimum atomic E-state index is -0.699. The van der Waals surface area contributed by atoms with Gasteiger partial charge >= 0.3 is 0 Å². The van der Waals surface area contributed by atoms with Crippen molar-refractivity contribution >= 4 is 17.5 Å². The van der Waals surface area contributed by atoms with Crippen LogP contribution in [0.2, 0.25) is 0 Å². The van der Waals surface area contributed by atoms with E-state index in [0.29, 0.717) is 0 Å². The summed E-state index contributed by atoms with van der Waals surface area (Å²) in [7, 11) is 0. The molecule has 0 unspecified atom stereocenters. The molecule has 0 N–H and O–H groups in total. The second-order valence-electron chi connectivity index (χ2n) is 5.90. The molecule has 0 aromatic carbocycles. The Morgan fingerprint density at radius 2 is 1.94 bits per heavy atom. The monoisotopic (exact) mass is 260 g/mol. The van der Waals surface area contributed by atoms with Crippen LogP contribution in [0.1, 0.15) is 34.6 Å². The molecule has 0 aliphatic carbocycles. The van der Waals surface area contributed by atoms with Gasteiger partial charge in [-0.25, -0.2) is 0 Å². The van der Waals surface area contributed by atoms with Crippen molar-refractivity contribution in [1.82, 2.24) is 0 Å². The van der Waals surface area contributed by atoms with Crippen molar-refractivity contribution in [3.8, 4) is 0 Å². The van der Waals surface area contributed by atoms with Crippen molar-refractivity contribution in [2.24, 2.45) is 0 Å². The summed E-state index contributed by atoms with van der Waals surface area (Å²) >= 11 is 1.68. The fourth-order valence-corrected chi connectivity index (χ4v) is 3.19. The van der Waals surface area contributed by atoms with Crippen LogP contribution in [0.3, 0.4) is 0 Å². The molecule has 2 saturated heterocycles. The van der Waals surface area contributed by atoms with Crippen LogP contribution in [0.15, 0.2) is 0 Å². The minimum absolute atomic E-state index is 0.0219. The average molecular weight is 260 g/mol. The Kier molecular flexibility index (Phi) is 3.32. The van der Waals surface area contributed by atoms with Gasteiger partial charge in [-0.3, -0.25) is 4.79 Å². The molecule has 17 heavy (non-hydrogen) atoms. The fourth-order valence-electron chi connectivity index (χ4n) is 2.03. The lowest BCUT2D eigenvalue weighted by Gasteiger charge is -2.34. The number of Topliss-reactive ketones (excluding diaryl/α,β-unsaturated/α-hetero) is 1. The molecule has 5 heteroatoms. The first-order valence-electron chi connectivity index (χ1n) is 5.86. The zero-order valence-corrected chi connectivity index (χ0v) is 11.8. The predicted molar refractivity (Wildman–Crippen MR) is 65.9 cm³/mol. The van der Waals surface area contributed by atoms with Crippen molar-refractivity contribution in [2.75, 3.05) is 6.61 Å². The first-order chi connectivity index (χ1) is 7.68. The van der Waals surface area contributed by atoms with Crippen LogP contribution in [0.5, 0.6) is 0 Å². The number of ether oxygens (including phenoxy) is 3. The number of ketones is 1. The lowest BCUT2D eigenvalue weighted by molar-refractivity contribution is -0.152. The maximum absolute atomic E-state index is 11.7. The van der Waals surface area contributed by atoms with E-state index in [-0.39, 0.29) is 28.7 Å². The van der Waals surface area contributed by atoms with Gasteiger partial charge < -0.3 is 14.2 Å². The number of hydrogen-bond acceptors (Lipinski definition) is 5. The molecule has 0 bridgehead atoms. The normalized spacial score (nSPS) is 37.0. The molecule has 2 fully saturated rings. The molecule has 2 heterocycles. The number of fused-ring (bicyclic) bond motifs is 1. The Labute approximate surface area is 106 Å². The van der Waals surface area contributed by atoms with Gasteiger partial charge in [0, 0.05) is 4.75 Å². The zero-order valence-electron chi connectivity index (χ0n) is 11.0. The Bertz CT molecular complexity index is 321. The van der Waals surface area contributed by atoms with Gasteiger partial charge in [0.1, 0.15) is 18.1 Å². The third-order valence-corrected chi connectivity index (χ3v) is 3.92. The largest absolute Gasteiger partial charge is 0.357 e. The van der Waals surface area contributed by atoms with Gasteiger partial charge in [-0.1, -0.05) is 20.8 Å². The quantitative estimate of drug-likeness (QED) is 0.721. The van der Waals surface area contributed by atoms with Crippen LogP contribution in [-0.2, 0) is 19.0 Å². The van der Waals surface area contributed by atoms with Crippen molar-refractivity contribution in [1.29, 1.82) is 0 Å². The summed E-state index contributed by atoms with van der Waals surface area (Å²) in [5.41, 5.74) is -0.139. The van der Waals surface area contributed by atoms with E-state index in [0.717, 1.165) is 0 Å². The van der Waals surface area contributed by atoms with E-state index in [4.69, 9.17) is 14.2 Å². The molecule has 0 aromatic heterocycles. The first kappa shape index (κ1) is 13.3. The number of rotatable bonds is 1. The Morgan fingerprint density at radius 1 is 1.29 bits per heavy atom. The molecule has 3 atom stereocenters. The summed E-state index contributed by atoms with van der Waals surface area (Å²) < 4.78 is 17.1. The third kappa shape index (κ3) is 3.02. The topological polar surface area (TPSA) is 44.8 Å².